The number of hydrogen-bond acceptors (Lipinski definition) is 4. The topological polar surface area (TPSA) is 52.6 Å². The Morgan fingerprint density at radius 3 is 1.85 bits per heavy atom. The van der Waals surface area contributed by atoms with Crippen LogP contribution in [0, 0.1) is 23.7 Å². The van der Waals surface area contributed by atoms with Gasteiger partial charge in [-0.05, 0) is 87.0 Å². The number of esters is 2. The molecule has 0 spiro atoms. The van der Waals surface area contributed by atoms with E-state index in [2.05, 4.69) is 6.92 Å². The van der Waals surface area contributed by atoms with Crippen molar-refractivity contribution in [1.29, 1.82) is 0 Å². The molecule has 0 aliphatic heterocycles. The number of carbonyl (C=O) groups is 2. The summed E-state index contributed by atoms with van der Waals surface area (Å²) >= 11 is 0. The smallest absolute Gasteiger partial charge is 0.314 e. The zero-order valence-corrected chi connectivity index (χ0v) is 21.6. The van der Waals surface area contributed by atoms with Gasteiger partial charge in [0.15, 0.2) is 0 Å². The van der Waals surface area contributed by atoms with Crippen LogP contribution in [0.25, 0.3) is 0 Å². The van der Waals surface area contributed by atoms with Gasteiger partial charge in [-0.3, -0.25) is 9.59 Å². The molecule has 0 bridgehead atoms. The first kappa shape index (κ1) is 26.8. The molecule has 0 radical (unpaired) electrons. The SMILES string of the molecule is CCCCCCC1CCC(C2CCC(C(=O)Oc3ccc(OC(=O)CCCC)cc3)CC2)CC1. The minimum absolute atomic E-state index is 0.0118. The van der Waals surface area contributed by atoms with E-state index < -0.39 is 0 Å². The van der Waals surface area contributed by atoms with E-state index in [-0.39, 0.29) is 17.9 Å². The lowest BCUT2D eigenvalue weighted by Gasteiger charge is -2.37. The largest absolute Gasteiger partial charge is 0.427 e. The summed E-state index contributed by atoms with van der Waals surface area (Å²) < 4.78 is 11.0. The van der Waals surface area contributed by atoms with E-state index in [1.165, 1.54) is 57.8 Å². The Bertz CT molecular complexity index is 725. The summed E-state index contributed by atoms with van der Waals surface area (Å²) in [4.78, 5) is 24.5. The van der Waals surface area contributed by atoms with Crippen molar-refractivity contribution in [2.24, 2.45) is 23.7 Å². The van der Waals surface area contributed by atoms with E-state index in [4.69, 9.17) is 9.47 Å². The summed E-state index contributed by atoms with van der Waals surface area (Å²) in [5.41, 5.74) is 0. The van der Waals surface area contributed by atoms with Gasteiger partial charge < -0.3 is 9.47 Å². The van der Waals surface area contributed by atoms with Crippen LogP contribution in [0.2, 0.25) is 0 Å². The van der Waals surface area contributed by atoms with Gasteiger partial charge in [0.05, 0.1) is 5.92 Å². The number of hydrogen-bond donors (Lipinski definition) is 0. The van der Waals surface area contributed by atoms with Gasteiger partial charge in [-0.2, -0.15) is 0 Å². The summed E-state index contributed by atoms with van der Waals surface area (Å²) in [5.74, 6) is 3.34. The molecule has 0 heterocycles. The molecule has 2 saturated carbocycles. The molecule has 3 rings (SSSR count). The Morgan fingerprint density at radius 2 is 1.26 bits per heavy atom. The molecule has 190 valence electrons. The normalized spacial score (nSPS) is 25.0. The van der Waals surface area contributed by atoms with Crippen LogP contribution in [0.3, 0.4) is 0 Å². The van der Waals surface area contributed by atoms with Gasteiger partial charge in [-0.15, -0.1) is 0 Å². The predicted molar refractivity (Wildman–Crippen MR) is 137 cm³/mol. The first-order valence-electron chi connectivity index (χ1n) is 14.1. The Kier molecular flexibility index (Phi) is 11.4. The second kappa shape index (κ2) is 14.5. The molecule has 2 fully saturated rings. The molecule has 4 nitrogen and oxygen atoms in total. The van der Waals surface area contributed by atoms with E-state index in [1.807, 2.05) is 6.92 Å². The molecular weight excluding hydrogens is 424 g/mol. The van der Waals surface area contributed by atoms with Gasteiger partial charge in [0.1, 0.15) is 11.5 Å². The molecule has 0 aromatic heterocycles. The van der Waals surface area contributed by atoms with Crippen LogP contribution in [-0.4, -0.2) is 11.9 Å². The van der Waals surface area contributed by atoms with Crippen molar-refractivity contribution >= 4 is 11.9 Å². The fourth-order valence-electron chi connectivity index (χ4n) is 5.91. The maximum Gasteiger partial charge on any atom is 0.314 e. The molecule has 2 aliphatic carbocycles. The quantitative estimate of drug-likeness (QED) is 0.175. The van der Waals surface area contributed by atoms with Crippen LogP contribution in [-0.2, 0) is 9.59 Å². The van der Waals surface area contributed by atoms with E-state index in [1.54, 1.807) is 24.3 Å². The summed E-state index contributed by atoms with van der Waals surface area (Å²) in [6.45, 7) is 4.33. The van der Waals surface area contributed by atoms with Crippen LogP contribution in [0.5, 0.6) is 11.5 Å². The summed E-state index contributed by atoms with van der Waals surface area (Å²) in [5, 5.41) is 0. The highest BCUT2D eigenvalue weighted by Gasteiger charge is 2.33. The van der Waals surface area contributed by atoms with Gasteiger partial charge in [-0.25, -0.2) is 0 Å². The van der Waals surface area contributed by atoms with Gasteiger partial charge in [-0.1, -0.05) is 65.2 Å². The van der Waals surface area contributed by atoms with E-state index in [9.17, 15) is 9.59 Å². The fourth-order valence-corrected chi connectivity index (χ4v) is 5.91. The zero-order valence-electron chi connectivity index (χ0n) is 21.6. The number of unbranched alkanes of at least 4 members (excludes halogenated alkanes) is 4. The van der Waals surface area contributed by atoms with Crippen LogP contribution >= 0.6 is 0 Å². The average Bonchev–Trinajstić information content (AvgIpc) is 2.87. The lowest BCUT2D eigenvalue weighted by atomic mass is 9.68. The van der Waals surface area contributed by atoms with Crippen molar-refractivity contribution in [1.82, 2.24) is 0 Å². The second-order valence-corrected chi connectivity index (χ2v) is 10.7. The Labute approximate surface area is 207 Å². The summed E-state index contributed by atoms with van der Waals surface area (Å²) in [6.07, 6.45) is 19.1. The van der Waals surface area contributed by atoms with Crippen molar-refractivity contribution in [3.8, 4) is 11.5 Å². The highest BCUT2D eigenvalue weighted by Crippen LogP contribution is 2.42. The maximum atomic E-state index is 12.7. The molecule has 4 heteroatoms. The molecular formula is C30H46O4. The third-order valence-electron chi connectivity index (χ3n) is 8.14. The predicted octanol–water partition coefficient (Wildman–Crippen LogP) is 8.27. The fraction of sp³-hybridized carbons (Fsp3) is 0.733. The lowest BCUT2D eigenvalue weighted by Crippen LogP contribution is -2.30. The Morgan fingerprint density at radius 1 is 0.706 bits per heavy atom. The minimum atomic E-state index is -0.219. The average molecular weight is 471 g/mol. The van der Waals surface area contributed by atoms with E-state index in [0.29, 0.717) is 17.9 Å². The standard InChI is InChI=1S/C30H46O4/c1-3-5-7-8-9-23-11-13-24(14-12-23)25-15-17-26(18-16-25)30(32)34-28-21-19-27(20-22-28)33-29(31)10-6-4-2/h19-26H,3-18H2,1-2H3. The summed E-state index contributed by atoms with van der Waals surface area (Å²) in [6, 6.07) is 6.83. The van der Waals surface area contributed by atoms with Crippen molar-refractivity contribution in [3.63, 3.8) is 0 Å². The molecule has 0 atom stereocenters. The van der Waals surface area contributed by atoms with Gasteiger partial charge >= 0.3 is 11.9 Å². The van der Waals surface area contributed by atoms with Gasteiger partial charge in [0.25, 0.3) is 0 Å². The number of rotatable bonds is 12. The first-order chi connectivity index (χ1) is 16.6. The maximum absolute atomic E-state index is 12.7. The van der Waals surface area contributed by atoms with Crippen LogP contribution in [0.15, 0.2) is 24.3 Å². The zero-order chi connectivity index (χ0) is 24.2. The molecule has 2 aliphatic rings. The molecule has 1 aromatic carbocycles. The van der Waals surface area contributed by atoms with Crippen LogP contribution in [0.1, 0.15) is 117 Å². The van der Waals surface area contributed by atoms with Crippen molar-refractivity contribution in [2.75, 3.05) is 0 Å². The third-order valence-corrected chi connectivity index (χ3v) is 8.14. The molecule has 0 unspecified atom stereocenters. The molecule has 34 heavy (non-hydrogen) atoms. The van der Waals surface area contributed by atoms with E-state index in [0.717, 1.165) is 56.3 Å². The molecule has 1 aromatic rings. The second-order valence-electron chi connectivity index (χ2n) is 10.7. The third kappa shape index (κ3) is 8.74. The van der Waals surface area contributed by atoms with Gasteiger partial charge in [0.2, 0.25) is 0 Å². The Balaban J connectivity index is 1.34. The highest BCUT2D eigenvalue weighted by molar-refractivity contribution is 5.75. The van der Waals surface area contributed by atoms with Crippen LogP contribution in [0.4, 0.5) is 0 Å². The van der Waals surface area contributed by atoms with Crippen molar-refractivity contribution < 1.29 is 19.1 Å². The number of carbonyl (C=O) groups excluding carboxylic acids is 2. The molecule has 0 saturated heterocycles. The number of ether oxygens (including phenoxy) is 2. The van der Waals surface area contributed by atoms with E-state index >= 15 is 0 Å². The van der Waals surface area contributed by atoms with Crippen LogP contribution < -0.4 is 9.47 Å². The van der Waals surface area contributed by atoms with Crippen molar-refractivity contribution in [2.45, 2.75) is 117 Å². The number of benzene rings is 1. The van der Waals surface area contributed by atoms with Crippen molar-refractivity contribution in [3.05, 3.63) is 24.3 Å². The highest BCUT2D eigenvalue weighted by atomic mass is 16.5. The summed E-state index contributed by atoms with van der Waals surface area (Å²) in [7, 11) is 0. The molecule has 0 N–H and O–H groups in total. The minimum Gasteiger partial charge on any atom is -0.427 e. The van der Waals surface area contributed by atoms with Gasteiger partial charge in [0, 0.05) is 6.42 Å². The lowest BCUT2D eigenvalue weighted by molar-refractivity contribution is -0.140. The Hall–Kier alpha value is -1.84. The first-order valence-corrected chi connectivity index (χ1v) is 14.1. The molecule has 0 amide bonds. The monoisotopic (exact) mass is 470 g/mol.